The fourth-order valence-electron chi connectivity index (χ4n) is 4.53. The van der Waals surface area contributed by atoms with Gasteiger partial charge in [0.05, 0.1) is 20.6 Å². The number of unbranched alkanes of at least 4 members (excludes halogenated alkanes) is 1. The molecule has 3 aromatic carbocycles. The Morgan fingerprint density at radius 2 is 1.57 bits per heavy atom. The van der Waals surface area contributed by atoms with Crippen LogP contribution in [0.5, 0.6) is 0 Å². The zero-order chi connectivity index (χ0) is 30.9. The highest BCUT2D eigenvalue weighted by molar-refractivity contribution is 7.92. The summed E-state index contributed by atoms with van der Waals surface area (Å²) < 4.78 is 29.0. The summed E-state index contributed by atoms with van der Waals surface area (Å²) >= 11 is 12.4. The van der Waals surface area contributed by atoms with Crippen molar-refractivity contribution in [2.75, 3.05) is 17.4 Å². The van der Waals surface area contributed by atoms with Gasteiger partial charge in [-0.1, -0.05) is 93.7 Å². The second-order valence-electron chi connectivity index (χ2n) is 10.4. The third-order valence-corrected chi connectivity index (χ3v) is 9.54. The summed E-state index contributed by atoms with van der Waals surface area (Å²) in [6.45, 7) is 7.97. The van der Waals surface area contributed by atoms with Crippen molar-refractivity contribution in [3.63, 3.8) is 0 Å². The second kappa shape index (κ2) is 15.4. The van der Waals surface area contributed by atoms with E-state index < -0.39 is 28.5 Å². The quantitative estimate of drug-likeness (QED) is 0.193. The lowest BCUT2D eigenvalue weighted by atomic mass is 10.0. The molecule has 42 heavy (non-hydrogen) atoms. The minimum atomic E-state index is -4.12. The number of anilines is 1. The Kier molecular flexibility index (Phi) is 12.3. The van der Waals surface area contributed by atoms with Crippen LogP contribution in [0.15, 0.2) is 77.7 Å². The predicted molar refractivity (Wildman–Crippen MR) is 171 cm³/mol. The average Bonchev–Trinajstić information content (AvgIpc) is 2.98. The first-order valence-electron chi connectivity index (χ1n) is 14.2. The zero-order valence-corrected chi connectivity index (χ0v) is 26.8. The number of rotatable bonds is 14. The molecule has 0 bridgehead atoms. The zero-order valence-electron chi connectivity index (χ0n) is 24.5. The van der Waals surface area contributed by atoms with Crippen molar-refractivity contribution in [3.05, 3.63) is 94.0 Å². The van der Waals surface area contributed by atoms with Gasteiger partial charge in [0.2, 0.25) is 11.8 Å². The molecule has 0 aliphatic rings. The molecule has 0 radical (unpaired) electrons. The number of nitrogens with zero attached hydrogens (tertiary/aromatic N) is 2. The molecule has 226 valence electrons. The van der Waals surface area contributed by atoms with Gasteiger partial charge < -0.3 is 10.2 Å². The number of hydrogen-bond acceptors (Lipinski definition) is 4. The van der Waals surface area contributed by atoms with E-state index in [1.54, 1.807) is 48.5 Å². The number of benzene rings is 3. The molecule has 0 saturated carbocycles. The van der Waals surface area contributed by atoms with E-state index in [1.807, 2.05) is 39.8 Å². The van der Waals surface area contributed by atoms with Crippen molar-refractivity contribution < 1.29 is 18.0 Å². The number of sulfonamides is 1. The summed E-state index contributed by atoms with van der Waals surface area (Å²) in [4.78, 5) is 28.9. The van der Waals surface area contributed by atoms with E-state index >= 15 is 0 Å². The Balaban J connectivity index is 2.05. The maximum atomic E-state index is 14.2. The maximum Gasteiger partial charge on any atom is 0.264 e. The van der Waals surface area contributed by atoms with Crippen LogP contribution in [0.25, 0.3) is 0 Å². The summed E-state index contributed by atoms with van der Waals surface area (Å²) in [5, 5.41) is 3.61. The molecule has 2 amide bonds. The largest absolute Gasteiger partial charge is 0.354 e. The molecule has 0 heterocycles. The van der Waals surface area contributed by atoms with Gasteiger partial charge in [-0.25, -0.2) is 8.42 Å². The van der Waals surface area contributed by atoms with Crippen LogP contribution in [0.3, 0.4) is 0 Å². The molecule has 7 nitrogen and oxygen atoms in total. The molecule has 0 aliphatic heterocycles. The molecule has 1 N–H and O–H groups in total. The Bertz CT molecular complexity index is 1450. The Labute approximate surface area is 259 Å². The van der Waals surface area contributed by atoms with Gasteiger partial charge in [-0.05, 0) is 66.3 Å². The van der Waals surface area contributed by atoms with Crippen LogP contribution < -0.4 is 9.62 Å². The van der Waals surface area contributed by atoms with Crippen LogP contribution in [-0.2, 0) is 26.2 Å². The van der Waals surface area contributed by atoms with Gasteiger partial charge >= 0.3 is 0 Å². The van der Waals surface area contributed by atoms with E-state index in [9.17, 15) is 18.0 Å². The molecule has 3 rings (SSSR count). The molecule has 0 aliphatic carbocycles. The topological polar surface area (TPSA) is 86.8 Å². The van der Waals surface area contributed by atoms with Crippen LogP contribution in [0, 0.1) is 0 Å². The third kappa shape index (κ3) is 8.49. The van der Waals surface area contributed by atoms with Gasteiger partial charge in [0, 0.05) is 13.1 Å². The summed E-state index contributed by atoms with van der Waals surface area (Å²) in [7, 11) is -4.12. The summed E-state index contributed by atoms with van der Waals surface area (Å²) in [6.07, 6.45) is 2.04. The van der Waals surface area contributed by atoms with Gasteiger partial charge in [0.15, 0.2) is 0 Å². The van der Waals surface area contributed by atoms with E-state index in [1.165, 1.54) is 17.0 Å². The van der Waals surface area contributed by atoms with E-state index in [0.717, 1.165) is 22.7 Å². The summed E-state index contributed by atoms with van der Waals surface area (Å²) in [5.41, 5.74) is 2.06. The normalized spacial score (nSPS) is 12.2. The van der Waals surface area contributed by atoms with E-state index in [0.29, 0.717) is 34.3 Å². The first-order valence-corrected chi connectivity index (χ1v) is 16.4. The van der Waals surface area contributed by atoms with Crippen molar-refractivity contribution >= 4 is 50.7 Å². The maximum absolute atomic E-state index is 14.2. The van der Waals surface area contributed by atoms with Crippen molar-refractivity contribution in [2.24, 2.45) is 0 Å². The lowest BCUT2D eigenvalue weighted by molar-refractivity contribution is -0.140. The fraction of sp³-hybridized carbons (Fsp3) is 0.375. The molecule has 0 saturated heterocycles. The molecule has 10 heteroatoms. The number of carbonyl (C=O) groups excluding carboxylic acids is 2. The lowest BCUT2D eigenvalue weighted by Crippen LogP contribution is -2.52. The monoisotopic (exact) mass is 631 g/mol. The van der Waals surface area contributed by atoms with Crippen LogP contribution in [0.1, 0.15) is 64.0 Å². The highest BCUT2D eigenvalue weighted by Gasteiger charge is 2.33. The van der Waals surface area contributed by atoms with Crippen LogP contribution in [0.4, 0.5) is 5.69 Å². The Morgan fingerprint density at radius 1 is 0.905 bits per heavy atom. The van der Waals surface area contributed by atoms with E-state index in [2.05, 4.69) is 5.32 Å². The van der Waals surface area contributed by atoms with Gasteiger partial charge in [-0.2, -0.15) is 0 Å². The first kappa shape index (κ1) is 33.4. The standard InChI is InChI=1S/C32H39Cl2N3O4S/c1-5-7-19-35-32(39)30(6-2)36(21-24-13-18-28(33)29(34)20-24)31(38)22-37(26-16-14-25(15-17-26)23(3)4)42(40,41)27-11-9-8-10-12-27/h8-18,20,23,30H,5-7,19,21-22H2,1-4H3,(H,35,39). The van der Waals surface area contributed by atoms with Crippen LogP contribution in [-0.4, -0.2) is 44.3 Å². The Hall–Kier alpha value is -3.07. The predicted octanol–water partition coefficient (Wildman–Crippen LogP) is 7.04. The minimum Gasteiger partial charge on any atom is -0.354 e. The molecule has 1 unspecified atom stereocenters. The first-order chi connectivity index (χ1) is 20.0. The summed E-state index contributed by atoms with van der Waals surface area (Å²) in [6, 6.07) is 19.3. The van der Waals surface area contributed by atoms with Crippen molar-refractivity contribution in [1.82, 2.24) is 10.2 Å². The number of nitrogens with one attached hydrogen (secondary N) is 1. The molecule has 3 aromatic rings. The van der Waals surface area contributed by atoms with Gasteiger partial charge in [-0.3, -0.25) is 13.9 Å². The third-order valence-electron chi connectivity index (χ3n) is 7.01. The molecular formula is C32H39Cl2N3O4S. The molecule has 0 spiro atoms. The summed E-state index contributed by atoms with van der Waals surface area (Å²) in [5.74, 6) is -0.567. The molecule has 0 fully saturated rings. The lowest BCUT2D eigenvalue weighted by Gasteiger charge is -2.33. The highest BCUT2D eigenvalue weighted by Crippen LogP contribution is 2.28. The molecular weight excluding hydrogens is 593 g/mol. The van der Waals surface area contributed by atoms with Gasteiger partial charge in [0.25, 0.3) is 10.0 Å². The average molecular weight is 633 g/mol. The van der Waals surface area contributed by atoms with E-state index in [4.69, 9.17) is 23.2 Å². The second-order valence-corrected chi connectivity index (χ2v) is 13.1. The molecule has 0 aromatic heterocycles. The van der Waals surface area contributed by atoms with Crippen LogP contribution >= 0.6 is 23.2 Å². The smallest absolute Gasteiger partial charge is 0.264 e. The SMILES string of the molecule is CCCCNC(=O)C(CC)N(Cc1ccc(Cl)c(Cl)c1)C(=O)CN(c1ccc(C(C)C)cc1)S(=O)(=O)c1ccccc1. The molecule has 1 atom stereocenters. The van der Waals surface area contributed by atoms with E-state index in [-0.39, 0.29) is 23.3 Å². The Morgan fingerprint density at radius 3 is 2.14 bits per heavy atom. The van der Waals surface area contributed by atoms with Gasteiger partial charge in [0.1, 0.15) is 12.6 Å². The fourth-order valence-corrected chi connectivity index (χ4v) is 6.29. The number of carbonyl (C=O) groups is 2. The van der Waals surface area contributed by atoms with Crippen LogP contribution in [0.2, 0.25) is 10.0 Å². The number of amides is 2. The van der Waals surface area contributed by atoms with Gasteiger partial charge in [-0.15, -0.1) is 0 Å². The van der Waals surface area contributed by atoms with Crippen molar-refractivity contribution in [3.8, 4) is 0 Å². The minimum absolute atomic E-state index is 0.0426. The number of halogens is 2. The van der Waals surface area contributed by atoms with Crippen molar-refractivity contribution in [1.29, 1.82) is 0 Å². The number of hydrogen-bond donors (Lipinski definition) is 1. The highest BCUT2D eigenvalue weighted by atomic mass is 35.5. The van der Waals surface area contributed by atoms with Crippen molar-refractivity contribution in [2.45, 2.75) is 70.4 Å².